The summed E-state index contributed by atoms with van der Waals surface area (Å²) in [6.07, 6.45) is 12.5. The molecule has 1 aromatic rings. The van der Waals surface area contributed by atoms with E-state index >= 15 is 0 Å². The van der Waals surface area contributed by atoms with Crippen LogP contribution < -0.4 is 16.0 Å². The normalized spacial score (nSPS) is 28.0. The molecule has 186 valence electrons. The number of carbonyl (C=O) groups excluding carboxylic acids is 2. The first-order valence-electron chi connectivity index (χ1n) is 12.8. The molecule has 0 aromatic heterocycles. The zero-order valence-electron chi connectivity index (χ0n) is 20.2. The molecule has 1 heterocycles. The van der Waals surface area contributed by atoms with Crippen LogP contribution in [0.15, 0.2) is 24.3 Å². The number of benzene rings is 1. The Balaban J connectivity index is 1.36. The summed E-state index contributed by atoms with van der Waals surface area (Å²) in [5.74, 6) is 0.766. The van der Waals surface area contributed by atoms with E-state index in [-0.39, 0.29) is 29.9 Å². The molecule has 34 heavy (non-hydrogen) atoms. The SMILES string of the molecule is CN1C(=N)N[C@](CCC2CCCCC2)(C[C@H]2CCC[C@@H](NC(=O)Nc3cccc(F)c3)C2)C1=O. The van der Waals surface area contributed by atoms with Crippen LogP contribution in [0.3, 0.4) is 0 Å². The molecule has 1 saturated heterocycles. The molecule has 7 nitrogen and oxygen atoms in total. The minimum Gasteiger partial charge on any atom is -0.342 e. The van der Waals surface area contributed by atoms with Gasteiger partial charge < -0.3 is 16.0 Å². The fraction of sp³-hybridized carbons (Fsp3) is 0.654. The van der Waals surface area contributed by atoms with Crippen molar-refractivity contribution in [3.05, 3.63) is 30.1 Å². The third-order valence-corrected chi connectivity index (χ3v) is 7.95. The smallest absolute Gasteiger partial charge is 0.319 e. The van der Waals surface area contributed by atoms with E-state index in [2.05, 4.69) is 16.0 Å². The van der Waals surface area contributed by atoms with Crippen LogP contribution in [0.5, 0.6) is 0 Å². The van der Waals surface area contributed by atoms with Crippen molar-refractivity contribution in [3.63, 3.8) is 0 Å². The molecular weight excluding hydrogens is 433 g/mol. The molecule has 3 atom stereocenters. The van der Waals surface area contributed by atoms with Crippen molar-refractivity contribution in [2.45, 2.75) is 88.6 Å². The maximum absolute atomic E-state index is 13.4. The number of hydrogen-bond acceptors (Lipinski definition) is 3. The topological polar surface area (TPSA) is 97.3 Å². The van der Waals surface area contributed by atoms with Gasteiger partial charge in [0.25, 0.3) is 5.91 Å². The minimum atomic E-state index is -0.709. The van der Waals surface area contributed by atoms with Crippen LogP contribution in [0.4, 0.5) is 14.9 Å². The van der Waals surface area contributed by atoms with Crippen molar-refractivity contribution in [2.75, 3.05) is 12.4 Å². The van der Waals surface area contributed by atoms with Crippen molar-refractivity contribution in [1.82, 2.24) is 15.5 Å². The van der Waals surface area contributed by atoms with Gasteiger partial charge >= 0.3 is 6.03 Å². The van der Waals surface area contributed by atoms with Crippen LogP contribution in [0.2, 0.25) is 0 Å². The Kier molecular flexibility index (Phi) is 7.73. The molecule has 1 aromatic carbocycles. The second-order valence-electron chi connectivity index (χ2n) is 10.5. The highest BCUT2D eigenvalue weighted by Crippen LogP contribution is 2.38. The number of nitrogens with one attached hydrogen (secondary N) is 4. The fourth-order valence-electron chi connectivity index (χ4n) is 6.14. The van der Waals surface area contributed by atoms with E-state index in [4.69, 9.17) is 5.41 Å². The lowest BCUT2D eigenvalue weighted by atomic mass is 9.74. The van der Waals surface area contributed by atoms with Crippen molar-refractivity contribution >= 4 is 23.6 Å². The number of likely N-dealkylation sites (N-methyl/N-ethyl adjacent to an activating group) is 1. The molecule has 0 bridgehead atoms. The van der Waals surface area contributed by atoms with E-state index in [0.29, 0.717) is 18.0 Å². The first-order chi connectivity index (χ1) is 16.3. The van der Waals surface area contributed by atoms with E-state index in [9.17, 15) is 14.0 Å². The average molecular weight is 472 g/mol. The minimum absolute atomic E-state index is 0.00670. The summed E-state index contributed by atoms with van der Waals surface area (Å²) in [6.45, 7) is 0. The summed E-state index contributed by atoms with van der Waals surface area (Å²) in [6, 6.07) is 5.53. The molecule has 0 spiro atoms. The standard InChI is InChI=1S/C26H38FN5O2/c1-32-23(33)26(31-24(32)28,14-13-18-7-3-2-4-8-18)17-19-9-5-11-21(15-19)29-25(34)30-22-12-6-10-20(27)16-22/h6,10,12,16,18-19,21H,2-5,7-9,11,13-15,17H2,1H3,(H2,28,31)(H2,29,30,34)/t19-,21+,26+/m0/s1. The number of rotatable bonds is 7. The number of halogens is 1. The zero-order chi connectivity index (χ0) is 24.1. The molecular formula is C26H38FN5O2. The van der Waals surface area contributed by atoms with Gasteiger partial charge in [0.15, 0.2) is 5.96 Å². The van der Waals surface area contributed by atoms with Crippen LogP contribution in [0, 0.1) is 23.1 Å². The zero-order valence-corrected chi connectivity index (χ0v) is 20.2. The molecule has 4 rings (SSSR count). The lowest BCUT2D eigenvalue weighted by molar-refractivity contribution is -0.131. The molecule has 8 heteroatoms. The highest BCUT2D eigenvalue weighted by atomic mass is 19.1. The molecule has 3 aliphatic rings. The van der Waals surface area contributed by atoms with Crippen molar-refractivity contribution < 1.29 is 14.0 Å². The molecule has 1 aliphatic heterocycles. The Morgan fingerprint density at radius 3 is 2.65 bits per heavy atom. The number of anilines is 1. The molecule has 3 fully saturated rings. The maximum atomic E-state index is 13.4. The number of urea groups is 1. The lowest BCUT2D eigenvalue weighted by Gasteiger charge is -2.36. The monoisotopic (exact) mass is 471 g/mol. The number of guanidine groups is 1. The molecule has 0 unspecified atom stereocenters. The Hall–Kier alpha value is -2.64. The summed E-state index contributed by atoms with van der Waals surface area (Å²) in [7, 11) is 1.68. The molecule has 2 aliphatic carbocycles. The third kappa shape index (κ3) is 5.88. The van der Waals surface area contributed by atoms with Gasteiger partial charge in [-0.25, -0.2) is 9.18 Å². The average Bonchev–Trinajstić information content (AvgIpc) is 3.02. The number of carbonyl (C=O) groups is 2. The number of hydrogen-bond donors (Lipinski definition) is 4. The van der Waals surface area contributed by atoms with Gasteiger partial charge in [-0.05, 0) is 62.1 Å². The van der Waals surface area contributed by atoms with Gasteiger partial charge in [0.05, 0.1) is 0 Å². The Morgan fingerprint density at radius 2 is 1.94 bits per heavy atom. The van der Waals surface area contributed by atoms with Crippen molar-refractivity contribution in [1.29, 1.82) is 5.41 Å². The van der Waals surface area contributed by atoms with Gasteiger partial charge in [0, 0.05) is 18.8 Å². The second-order valence-corrected chi connectivity index (χ2v) is 10.5. The van der Waals surface area contributed by atoms with Crippen LogP contribution in [0.1, 0.15) is 77.0 Å². The van der Waals surface area contributed by atoms with Crippen LogP contribution in [-0.2, 0) is 4.79 Å². The van der Waals surface area contributed by atoms with E-state index < -0.39 is 11.4 Å². The summed E-state index contributed by atoms with van der Waals surface area (Å²) >= 11 is 0. The Labute approximate surface area is 201 Å². The lowest BCUT2D eigenvalue weighted by Crippen LogP contribution is -2.50. The van der Waals surface area contributed by atoms with Crippen LogP contribution >= 0.6 is 0 Å². The van der Waals surface area contributed by atoms with E-state index in [1.54, 1.807) is 19.2 Å². The van der Waals surface area contributed by atoms with Crippen molar-refractivity contribution in [3.8, 4) is 0 Å². The summed E-state index contributed by atoms with van der Waals surface area (Å²) in [5, 5.41) is 17.3. The van der Waals surface area contributed by atoms with E-state index in [1.165, 1.54) is 49.1 Å². The summed E-state index contributed by atoms with van der Waals surface area (Å²) in [4.78, 5) is 27.2. The third-order valence-electron chi connectivity index (χ3n) is 7.95. The van der Waals surface area contributed by atoms with Gasteiger partial charge in [-0.15, -0.1) is 0 Å². The van der Waals surface area contributed by atoms with Crippen molar-refractivity contribution in [2.24, 2.45) is 11.8 Å². The van der Waals surface area contributed by atoms with E-state index in [0.717, 1.165) is 38.5 Å². The molecule has 2 saturated carbocycles. The first kappa shape index (κ1) is 24.5. The predicted octanol–water partition coefficient (Wildman–Crippen LogP) is 4.99. The summed E-state index contributed by atoms with van der Waals surface area (Å²) in [5.41, 5.74) is -0.284. The van der Waals surface area contributed by atoms with Gasteiger partial charge in [-0.1, -0.05) is 51.0 Å². The second kappa shape index (κ2) is 10.7. The van der Waals surface area contributed by atoms with E-state index in [1.807, 2.05) is 0 Å². The van der Waals surface area contributed by atoms with Gasteiger partial charge in [-0.3, -0.25) is 15.1 Å². The largest absolute Gasteiger partial charge is 0.342 e. The van der Waals surface area contributed by atoms with Gasteiger partial charge in [0.1, 0.15) is 11.4 Å². The molecule has 4 N–H and O–H groups in total. The van der Waals surface area contributed by atoms with Crippen LogP contribution in [0.25, 0.3) is 0 Å². The maximum Gasteiger partial charge on any atom is 0.319 e. The fourth-order valence-corrected chi connectivity index (χ4v) is 6.14. The summed E-state index contributed by atoms with van der Waals surface area (Å²) < 4.78 is 13.4. The van der Waals surface area contributed by atoms with Crippen LogP contribution in [-0.4, -0.2) is 41.4 Å². The Morgan fingerprint density at radius 1 is 1.18 bits per heavy atom. The molecule has 0 radical (unpaired) electrons. The van der Waals surface area contributed by atoms with Gasteiger partial charge in [0.2, 0.25) is 0 Å². The Bertz CT molecular complexity index is 903. The number of amides is 3. The first-order valence-corrected chi connectivity index (χ1v) is 12.8. The molecule has 3 amide bonds. The number of nitrogens with zero attached hydrogens (tertiary/aromatic N) is 1. The highest BCUT2D eigenvalue weighted by molar-refractivity contribution is 6.07. The quantitative estimate of drug-likeness (QED) is 0.451. The van der Waals surface area contributed by atoms with Gasteiger partial charge in [-0.2, -0.15) is 0 Å². The highest BCUT2D eigenvalue weighted by Gasteiger charge is 2.49. The predicted molar refractivity (Wildman–Crippen MR) is 131 cm³/mol.